The maximum atomic E-state index is 12.5. The minimum atomic E-state index is -1.26. The molecule has 154 valence electrons. The van der Waals surface area contributed by atoms with Gasteiger partial charge in [0.15, 0.2) is 11.5 Å². The fourth-order valence-corrected chi connectivity index (χ4v) is 2.46. The lowest BCUT2D eigenvalue weighted by molar-refractivity contribution is -0.255. The van der Waals surface area contributed by atoms with E-state index in [-0.39, 0.29) is 5.56 Å². The molecule has 0 radical (unpaired) electrons. The quantitative estimate of drug-likeness (QED) is 0.483. The number of nitrogens with zero attached hydrogens (tertiary/aromatic N) is 1. The first-order valence-electron chi connectivity index (χ1n) is 9.21. The molecule has 0 saturated carbocycles. The van der Waals surface area contributed by atoms with Crippen LogP contribution in [-0.2, 0) is 0 Å². The zero-order valence-corrected chi connectivity index (χ0v) is 16.6. The van der Waals surface area contributed by atoms with Crippen LogP contribution >= 0.6 is 0 Å². The summed E-state index contributed by atoms with van der Waals surface area (Å²) in [4.78, 5) is 23.3. The molecule has 2 aromatic carbocycles. The number of carbonyl (C=O) groups excluding carboxylic acids is 2. The summed E-state index contributed by atoms with van der Waals surface area (Å²) in [5.41, 5.74) is 3.40. The van der Waals surface area contributed by atoms with Gasteiger partial charge in [0.25, 0.3) is 5.91 Å². The second-order valence-electron chi connectivity index (χ2n) is 5.71. The van der Waals surface area contributed by atoms with E-state index in [2.05, 4.69) is 10.5 Å². The van der Waals surface area contributed by atoms with Crippen LogP contribution in [0, 0.1) is 0 Å². The van der Waals surface area contributed by atoms with Crippen molar-refractivity contribution in [1.82, 2.24) is 5.43 Å². The van der Waals surface area contributed by atoms with Gasteiger partial charge in [0, 0.05) is 5.56 Å². The largest absolute Gasteiger partial charge is 0.545 e. The molecule has 0 aliphatic rings. The number of benzene rings is 2. The molecule has 1 amide bonds. The number of hydrogen-bond acceptors (Lipinski definition) is 7. The topological polar surface area (TPSA) is 109 Å². The number of carboxylic acid groups (broad SMARTS) is 1. The van der Waals surface area contributed by atoms with Crippen LogP contribution in [0.5, 0.6) is 17.2 Å². The van der Waals surface area contributed by atoms with Crippen LogP contribution in [0.1, 0.15) is 47.1 Å². The highest BCUT2D eigenvalue weighted by molar-refractivity contribution is 5.96. The predicted octanol–water partition coefficient (Wildman–Crippen LogP) is 2.01. The number of aromatic carboxylic acids is 1. The molecule has 1 N–H and O–H groups in total. The molecule has 29 heavy (non-hydrogen) atoms. The monoisotopic (exact) mass is 399 g/mol. The van der Waals surface area contributed by atoms with Crippen LogP contribution in [0.3, 0.4) is 0 Å². The fourth-order valence-electron chi connectivity index (χ4n) is 2.46. The zero-order chi connectivity index (χ0) is 21.2. The number of carboxylic acids is 1. The van der Waals surface area contributed by atoms with Gasteiger partial charge in [-0.15, -0.1) is 0 Å². The summed E-state index contributed by atoms with van der Waals surface area (Å²) in [7, 11) is 0. The zero-order valence-electron chi connectivity index (χ0n) is 16.6. The van der Waals surface area contributed by atoms with E-state index in [1.165, 1.54) is 18.3 Å². The molecule has 0 unspecified atom stereocenters. The molecule has 0 saturated heterocycles. The van der Waals surface area contributed by atoms with Gasteiger partial charge in [0.2, 0.25) is 5.75 Å². The molecule has 8 heteroatoms. The van der Waals surface area contributed by atoms with Crippen molar-refractivity contribution in [3.8, 4) is 17.2 Å². The Hall–Kier alpha value is -3.55. The summed E-state index contributed by atoms with van der Waals surface area (Å²) in [6, 6.07) is 9.03. The molecule has 0 fully saturated rings. The third-order valence-electron chi connectivity index (χ3n) is 3.70. The van der Waals surface area contributed by atoms with Crippen molar-refractivity contribution in [3.05, 3.63) is 53.1 Å². The third kappa shape index (κ3) is 5.97. The predicted molar refractivity (Wildman–Crippen MR) is 106 cm³/mol. The lowest BCUT2D eigenvalue weighted by Crippen LogP contribution is -2.22. The highest BCUT2D eigenvalue weighted by Gasteiger charge is 2.18. The second-order valence-corrected chi connectivity index (χ2v) is 5.71. The fraction of sp³-hybridized carbons (Fsp3) is 0.286. The Morgan fingerprint density at radius 1 is 0.931 bits per heavy atom. The summed E-state index contributed by atoms with van der Waals surface area (Å²) in [5.74, 6) is -0.450. The van der Waals surface area contributed by atoms with Gasteiger partial charge in [0.05, 0.1) is 32.0 Å². The van der Waals surface area contributed by atoms with E-state index in [1.807, 2.05) is 20.8 Å². The maximum Gasteiger partial charge on any atom is 0.271 e. The molecule has 0 aliphatic carbocycles. The molecule has 0 bridgehead atoms. The van der Waals surface area contributed by atoms with Crippen molar-refractivity contribution in [2.75, 3.05) is 19.8 Å². The van der Waals surface area contributed by atoms with Crippen LogP contribution in [0.25, 0.3) is 0 Å². The van der Waals surface area contributed by atoms with Gasteiger partial charge in [-0.05, 0) is 44.0 Å². The number of amides is 1. The SMILES string of the molecule is CCOc1cc(C(=O)N/N=C\c2ccc(C(=O)[O-])cc2)cc(OCC)c1OCC. The Morgan fingerprint density at radius 2 is 1.48 bits per heavy atom. The van der Waals surface area contributed by atoms with Crippen molar-refractivity contribution >= 4 is 18.1 Å². The molecule has 0 aliphatic heterocycles. The number of hydrazone groups is 1. The first-order chi connectivity index (χ1) is 14.0. The Morgan fingerprint density at radius 3 is 1.97 bits per heavy atom. The second kappa shape index (κ2) is 10.7. The van der Waals surface area contributed by atoms with E-state index in [0.29, 0.717) is 48.2 Å². The molecular formula is C21H23N2O6-. The van der Waals surface area contributed by atoms with Crippen LogP contribution in [0.4, 0.5) is 0 Å². The summed E-state index contributed by atoms with van der Waals surface area (Å²) in [6.07, 6.45) is 1.40. The number of ether oxygens (including phenoxy) is 3. The van der Waals surface area contributed by atoms with E-state index in [9.17, 15) is 14.7 Å². The number of nitrogens with one attached hydrogen (secondary N) is 1. The molecule has 2 aromatic rings. The standard InChI is InChI=1S/C21H24N2O6/c1-4-27-17-11-16(12-18(28-5-2)19(17)29-6-3)20(24)23-22-13-14-7-9-15(10-8-14)21(25)26/h7-13H,4-6H2,1-3H3,(H,23,24)(H,25,26)/p-1/b22-13-. The average molecular weight is 399 g/mol. The van der Waals surface area contributed by atoms with E-state index in [0.717, 1.165) is 0 Å². The Bertz CT molecular complexity index is 850. The van der Waals surface area contributed by atoms with E-state index >= 15 is 0 Å². The van der Waals surface area contributed by atoms with Gasteiger partial charge in [0.1, 0.15) is 0 Å². The Balaban J connectivity index is 2.19. The van der Waals surface area contributed by atoms with Crippen LogP contribution in [-0.4, -0.2) is 37.9 Å². The lowest BCUT2D eigenvalue weighted by Gasteiger charge is -2.16. The first kappa shape index (κ1) is 21.7. The smallest absolute Gasteiger partial charge is 0.271 e. The number of rotatable bonds is 10. The molecular weight excluding hydrogens is 376 g/mol. The first-order valence-corrected chi connectivity index (χ1v) is 9.21. The molecule has 2 rings (SSSR count). The molecule has 0 heterocycles. The Labute approximate surface area is 169 Å². The van der Waals surface area contributed by atoms with Crippen molar-refractivity contribution in [2.24, 2.45) is 5.10 Å². The third-order valence-corrected chi connectivity index (χ3v) is 3.70. The summed E-state index contributed by atoms with van der Waals surface area (Å²) in [6.45, 7) is 6.73. The summed E-state index contributed by atoms with van der Waals surface area (Å²) >= 11 is 0. The highest BCUT2D eigenvalue weighted by Crippen LogP contribution is 2.39. The van der Waals surface area contributed by atoms with Crippen molar-refractivity contribution in [1.29, 1.82) is 0 Å². The van der Waals surface area contributed by atoms with E-state index < -0.39 is 11.9 Å². The normalized spacial score (nSPS) is 10.6. The van der Waals surface area contributed by atoms with Crippen LogP contribution in [0.2, 0.25) is 0 Å². The van der Waals surface area contributed by atoms with Gasteiger partial charge in [-0.25, -0.2) is 5.43 Å². The van der Waals surface area contributed by atoms with E-state index in [4.69, 9.17) is 14.2 Å². The van der Waals surface area contributed by atoms with Crippen molar-refractivity contribution in [3.63, 3.8) is 0 Å². The highest BCUT2D eigenvalue weighted by atomic mass is 16.5. The van der Waals surface area contributed by atoms with Gasteiger partial charge in [-0.2, -0.15) is 5.10 Å². The molecule has 0 atom stereocenters. The van der Waals surface area contributed by atoms with Gasteiger partial charge >= 0.3 is 0 Å². The average Bonchev–Trinajstić information content (AvgIpc) is 2.70. The maximum absolute atomic E-state index is 12.5. The minimum absolute atomic E-state index is 0.0625. The summed E-state index contributed by atoms with van der Waals surface area (Å²) < 4.78 is 16.8. The van der Waals surface area contributed by atoms with E-state index in [1.54, 1.807) is 24.3 Å². The molecule has 0 aromatic heterocycles. The Kier molecular flexibility index (Phi) is 8.02. The van der Waals surface area contributed by atoms with Crippen molar-refractivity contribution < 1.29 is 28.9 Å². The minimum Gasteiger partial charge on any atom is -0.545 e. The lowest BCUT2D eigenvalue weighted by atomic mass is 10.1. The van der Waals surface area contributed by atoms with Gasteiger partial charge in [-0.1, -0.05) is 24.3 Å². The van der Waals surface area contributed by atoms with Crippen molar-refractivity contribution in [2.45, 2.75) is 20.8 Å². The number of hydrogen-bond donors (Lipinski definition) is 1. The van der Waals surface area contributed by atoms with Gasteiger partial charge in [-0.3, -0.25) is 4.79 Å². The molecule has 8 nitrogen and oxygen atoms in total. The number of carbonyl (C=O) groups is 2. The molecule has 0 spiro atoms. The van der Waals surface area contributed by atoms with Crippen LogP contribution in [0.15, 0.2) is 41.5 Å². The van der Waals surface area contributed by atoms with Crippen LogP contribution < -0.4 is 24.7 Å². The summed E-state index contributed by atoms with van der Waals surface area (Å²) in [5, 5.41) is 14.7. The van der Waals surface area contributed by atoms with Gasteiger partial charge < -0.3 is 24.1 Å².